The van der Waals surface area contributed by atoms with Crippen LogP contribution in [0.3, 0.4) is 0 Å². The summed E-state index contributed by atoms with van der Waals surface area (Å²) in [5.74, 6) is 2.16. The normalized spacial score (nSPS) is 14.8. The van der Waals surface area contributed by atoms with Crippen LogP contribution in [0.15, 0.2) is 40.9 Å². The number of hydrogen-bond acceptors (Lipinski definition) is 3. The summed E-state index contributed by atoms with van der Waals surface area (Å²) in [6.45, 7) is 7.28. The van der Waals surface area contributed by atoms with Gasteiger partial charge < -0.3 is 14.4 Å². The molecule has 1 fully saturated rings. The van der Waals surface area contributed by atoms with Gasteiger partial charge >= 0.3 is 0 Å². The molecule has 0 bridgehead atoms. The Kier molecular flexibility index (Phi) is 7.61. The summed E-state index contributed by atoms with van der Waals surface area (Å²) < 4.78 is 12.8. The largest absolute Gasteiger partial charge is 0.490 e. The van der Waals surface area contributed by atoms with E-state index in [2.05, 4.69) is 27.8 Å². The maximum absolute atomic E-state index is 6.07. The van der Waals surface area contributed by atoms with Crippen LogP contribution in [0.1, 0.15) is 37.8 Å². The van der Waals surface area contributed by atoms with Crippen molar-refractivity contribution in [1.29, 1.82) is 0 Å². The molecule has 0 amide bonds. The van der Waals surface area contributed by atoms with Crippen LogP contribution in [0.5, 0.6) is 11.5 Å². The van der Waals surface area contributed by atoms with Crippen LogP contribution in [-0.2, 0) is 6.61 Å². The van der Waals surface area contributed by atoms with Crippen LogP contribution in [-0.4, -0.2) is 29.6 Å². The van der Waals surface area contributed by atoms with E-state index in [0.29, 0.717) is 29.7 Å². The van der Waals surface area contributed by atoms with Crippen LogP contribution >= 0.6 is 39.7 Å². The average molecular weight is 483 g/mol. The summed E-state index contributed by atoms with van der Waals surface area (Å²) in [5, 5.41) is 0.713. The van der Waals surface area contributed by atoms with E-state index in [1.807, 2.05) is 43.3 Å². The van der Waals surface area contributed by atoms with E-state index >= 15 is 0 Å². The molecule has 3 nitrogen and oxygen atoms in total. The van der Waals surface area contributed by atoms with Crippen molar-refractivity contribution < 1.29 is 9.47 Å². The number of likely N-dealkylation sites (tertiary alicyclic amines) is 1. The molecule has 0 unspecified atom stereocenters. The molecule has 0 aliphatic carbocycles. The minimum atomic E-state index is 0.434. The van der Waals surface area contributed by atoms with Crippen molar-refractivity contribution >= 4 is 44.7 Å². The number of benzene rings is 2. The minimum Gasteiger partial charge on any atom is -0.490 e. The molecule has 0 radical (unpaired) electrons. The highest BCUT2D eigenvalue weighted by Crippen LogP contribution is 2.38. The summed E-state index contributed by atoms with van der Waals surface area (Å²) in [7, 11) is 0. The summed E-state index contributed by atoms with van der Waals surface area (Å²) in [4.78, 5) is 3.17. The molecule has 150 valence electrons. The zero-order valence-electron chi connectivity index (χ0n) is 16.2. The van der Waals surface area contributed by atoms with Gasteiger partial charge in [-0.3, -0.25) is 0 Å². The second-order valence-electron chi connectivity index (χ2n) is 7.11. The third-order valence-electron chi connectivity index (χ3n) is 4.92. The molecule has 0 spiro atoms. The van der Waals surface area contributed by atoms with Gasteiger partial charge in [0.2, 0.25) is 0 Å². The van der Waals surface area contributed by atoms with Gasteiger partial charge in [-0.2, -0.15) is 0 Å². The van der Waals surface area contributed by atoms with Crippen molar-refractivity contribution in [2.24, 2.45) is 5.92 Å². The number of ether oxygens (including phenoxy) is 2. The molecule has 1 aliphatic heterocycles. The lowest BCUT2D eigenvalue weighted by Gasteiger charge is -2.32. The van der Waals surface area contributed by atoms with Crippen molar-refractivity contribution in [2.45, 2.75) is 33.3 Å². The monoisotopic (exact) mass is 481 g/mol. The zero-order valence-corrected chi connectivity index (χ0v) is 19.4. The second kappa shape index (κ2) is 9.95. The summed E-state index contributed by atoms with van der Waals surface area (Å²) in [6, 6.07) is 11.7. The van der Waals surface area contributed by atoms with E-state index in [-0.39, 0.29) is 0 Å². The third kappa shape index (κ3) is 5.40. The Morgan fingerprint density at radius 3 is 2.50 bits per heavy atom. The fourth-order valence-corrected chi connectivity index (χ4v) is 4.21. The van der Waals surface area contributed by atoms with E-state index in [0.717, 1.165) is 39.6 Å². The lowest BCUT2D eigenvalue weighted by Crippen LogP contribution is -2.37. The fourth-order valence-electron chi connectivity index (χ4n) is 3.22. The third-order valence-corrected chi connectivity index (χ3v) is 6.26. The molecular weight excluding hydrogens is 458 g/mol. The summed E-state index contributed by atoms with van der Waals surface area (Å²) in [5.41, 5.74) is 2.03. The zero-order chi connectivity index (χ0) is 20.1. The van der Waals surface area contributed by atoms with Crippen LogP contribution in [0, 0.1) is 5.92 Å². The highest BCUT2D eigenvalue weighted by Gasteiger charge is 2.21. The Labute approximate surface area is 186 Å². The summed E-state index contributed by atoms with van der Waals surface area (Å²) >= 11 is 15.4. The lowest BCUT2D eigenvalue weighted by molar-refractivity contribution is 0.267. The van der Waals surface area contributed by atoms with Gasteiger partial charge in [0.25, 0.3) is 0 Å². The van der Waals surface area contributed by atoms with Gasteiger partial charge in [-0.1, -0.05) is 42.9 Å². The van der Waals surface area contributed by atoms with E-state index in [1.165, 1.54) is 12.8 Å². The van der Waals surface area contributed by atoms with Gasteiger partial charge in [0.15, 0.2) is 11.5 Å². The number of halogens is 2. The second-order valence-corrected chi connectivity index (χ2v) is 8.79. The molecule has 28 heavy (non-hydrogen) atoms. The number of piperidine rings is 1. The molecule has 6 heteroatoms. The molecular formula is C22H25BrClNO2S. The van der Waals surface area contributed by atoms with Crippen LogP contribution in [0.25, 0.3) is 0 Å². The Hall–Kier alpha value is -1.30. The topological polar surface area (TPSA) is 21.7 Å². The Morgan fingerprint density at radius 2 is 1.86 bits per heavy atom. The van der Waals surface area contributed by atoms with Gasteiger partial charge in [0.05, 0.1) is 11.1 Å². The number of nitrogens with zero attached hydrogens (tertiary/aromatic N) is 1. The van der Waals surface area contributed by atoms with E-state index in [9.17, 15) is 0 Å². The lowest BCUT2D eigenvalue weighted by atomic mass is 9.99. The van der Waals surface area contributed by atoms with E-state index in [1.54, 1.807) is 0 Å². The molecule has 0 N–H and O–H groups in total. The van der Waals surface area contributed by atoms with Gasteiger partial charge in [-0.15, -0.1) is 0 Å². The molecule has 1 aliphatic rings. The SMILES string of the molecule is CCOc1cc(C(=S)N2CCC(C)CC2)cc(Br)c1OCc1ccc(Cl)cc1. The number of hydrogen-bond donors (Lipinski definition) is 0. The minimum absolute atomic E-state index is 0.434. The van der Waals surface area contributed by atoms with Crippen molar-refractivity contribution in [1.82, 2.24) is 4.90 Å². The number of thiocarbonyl (C=S) groups is 1. The van der Waals surface area contributed by atoms with E-state index in [4.69, 9.17) is 33.3 Å². The molecule has 1 saturated heterocycles. The van der Waals surface area contributed by atoms with Crippen molar-refractivity contribution in [3.8, 4) is 11.5 Å². The first-order valence-corrected chi connectivity index (χ1v) is 11.2. The van der Waals surface area contributed by atoms with Gasteiger partial charge in [-0.25, -0.2) is 0 Å². The van der Waals surface area contributed by atoms with Crippen molar-refractivity contribution in [3.63, 3.8) is 0 Å². The summed E-state index contributed by atoms with van der Waals surface area (Å²) in [6.07, 6.45) is 2.36. The predicted molar refractivity (Wildman–Crippen MR) is 123 cm³/mol. The predicted octanol–water partition coefficient (Wildman–Crippen LogP) is 6.49. The molecule has 1 heterocycles. The fraction of sp³-hybridized carbons (Fsp3) is 0.409. The first kappa shape index (κ1) is 21.4. The molecule has 2 aromatic rings. The van der Waals surface area contributed by atoms with Gasteiger partial charge in [-0.05, 0) is 71.4 Å². The smallest absolute Gasteiger partial charge is 0.175 e. The average Bonchev–Trinajstić information content (AvgIpc) is 2.69. The first-order chi connectivity index (χ1) is 13.5. The Bertz CT molecular complexity index is 820. The quantitative estimate of drug-likeness (QED) is 0.439. The van der Waals surface area contributed by atoms with E-state index < -0.39 is 0 Å². The molecule has 3 rings (SSSR count). The van der Waals surface area contributed by atoms with Crippen molar-refractivity contribution in [2.75, 3.05) is 19.7 Å². The highest BCUT2D eigenvalue weighted by atomic mass is 79.9. The standard InChI is InChI=1S/C22H25BrClNO2S/c1-3-26-20-13-17(22(28)25-10-8-15(2)9-11-25)12-19(23)21(20)27-14-16-4-6-18(24)7-5-16/h4-7,12-13,15H,3,8-11,14H2,1-2H3. The van der Waals surface area contributed by atoms with Gasteiger partial charge in [0.1, 0.15) is 11.6 Å². The molecule has 0 aromatic heterocycles. The molecule has 0 saturated carbocycles. The maximum atomic E-state index is 6.07. The van der Waals surface area contributed by atoms with Crippen molar-refractivity contribution in [3.05, 3.63) is 57.0 Å². The first-order valence-electron chi connectivity index (χ1n) is 9.60. The maximum Gasteiger partial charge on any atom is 0.175 e. The van der Waals surface area contributed by atoms with Gasteiger partial charge in [0, 0.05) is 23.7 Å². The molecule has 0 atom stereocenters. The van der Waals surface area contributed by atoms with Crippen LogP contribution in [0.4, 0.5) is 0 Å². The molecule has 2 aromatic carbocycles. The van der Waals surface area contributed by atoms with Crippen LogP contribution in [0.2, 0.25) is 5.02 Å². The Balaban J connectivity index is 1.79. The number of rotatable bonds is 6. The highest BCUT2D eigenvalue weighted by molar-refractivity contribution is 9.10. The Morgan fingerprint density at radius 1 is 1.18 bits per heavy atom. The van der Waals surface area contributed by atoms with Crippen LogP contribution < -0.4 is 9.47 Å².